The van der Waals surface area contributed by atoms with Gasteiger partial charge in [0.25, 0.3) is 0 Å². The molecule has 1 fully saturated rings. The third kappa shape index (κ3) is 9.21. The molecule has 22 heavy (non-hydrogen) atoms. The fourth-order valence-corrected chi connectivity index (χ4v) is 2.69. The number of hydrogen-bond donors (Lipinski definition) is 1. The van der Waals surface area contributed by atoms with Gasteiger partial charge in [-0.1, -0.05) is 57.6 Å². The average molecular weight is 311 g/mol. The Labute approximate surface area is 134 Å². The normalized spacial score (nSPS) is 22.1. The Hall–Kier alpha value is -0.870. The number of aliphatic hydroxyl groups is 1. The number of rotatable bonds is 14. The first kappa shape index (κ1) is 19.2. The minimum absolute atomic E-state index is 0.0118. The smallest absolute Gasteiger partial charge is 0.114 e. The number of ether oxygens (including phenoxy) is 1. The van der Waals surface area contributed by atoms with E-state index in [1.165, 1.54) is 19.3 Å². The highest BCUT2D eigenvalue weighted by molar-refractivity contribution is 5.63. The minimum atomic E-state index is -0.952. The topological polar surface area (TPSA) is 72.9 Å². The van der Waals surface area contributed by atoms with E-state index in [-0.39, 0.29) is 18.6 Å². The predicted octanol–water partition coefficient (Wildman–Crippen LogP) is 2.73. The van der Waals surface area contributed by atoms with Crippen LogP contribution in [0.3, 0.4) is 0 Å². The van der Waals surface area contributed by atoms with Crippen molar-refractivity contribution in [3.8, 4) is 0 Å². The van der Waals surface area contributed by atoms with E-state index in [9.17, 15) is 15.0 Å². The molecule has 1 aliphatic heterocycles. The molecule has 0 radical (unpaired) electrons. The number of unbranched alkanes of at least 4 members (excludes halogenated alkanes) is 7. The number of epoxide rings is 1. The Bertz CT molecular complexity index is 327. The molecular weight excluding hydrogens is 280 g/mol. The molecule has 1 heterocycles. The van der Waals surface area contributed by atoms with Crippen molar-refractivity contribution < 1.29 is 19.7 Å². The lowest BCUT2D eigenvalue weighted by molar-refractivity contribution is -0.305. The number of carboxylic acid groups (broad SMARTS) is 1. The summed E-state index contributed by atoms with van der Waals surface area (Å²) < 4.78 is 5.51. The summed E-state index contributed by atoms with van der Waals surface area (Å²) in [7, 11) is 0. The first-order valence-corrected chi connectivity index (χ1v) is 8.85. The Morgan fingerprint density at radius 2 is 1.91 bits per heavy atom. The fraction of sp³-hybridized carbons (Fsp3) is 0.833. The summed E-state index contributed by atoms with van der Waals surface area (Å²) in [4.78, 5) is 10.2. The van der Waals surface area contributed by atoms with Gasteiger partial charge in [0.05, 0.1) is 6.10 Å². The number of aliphatic hydroxyl groups excluding tert-OH is 1. The van der Waals surface area contributed by atoms with Crippen LogP contribution >= 0.6 is 0 Å². The van der Waals surface area contributed by atoms with Crippen molar-refractivity contribution >= 4 is 5.97 Å². The SMILES string of the molecule is CCCCC[C@H]1O[C@@H]1[C@@H](O)/C=C\CCCCCCCC(=O)[O-]. The summed E-state index contributed by atoms with van der Waals surface area (Å²) in [5.74, 6) is -0.952. The zero-order valence-corrected chi connectivity index (χ0v) is 13.8. The van der Waals surface area contributed by atoms with Gasteiger partial charge in [-0.3, -0.25) is 0 Å². The average Bonchev–Trinajstić information content (AvgIpc) is 3.25. The molecule has 0 aromatic rings. The van der Waals surface area contributed by atoms with E-state index in [1.807, 2.05) is 12.2 Å². The molecular formula is C18H31O4-. The van der Waals surface area contributed by atoms with Gasteiger partial charge in [0.2, 0.25) is 0 Å². The van der Waals surface area contributed by atoms with E-state index in [0.717, 1.165) is 44.9 Å². The molecule has 0 aliphatic carbocycles. The zero-order chi connectivity index (χ0) is 16.2. The summed E-state index contributed by atoms with van der Waals surface area (Å²) in [6.07, 6.45) is 14.5. The number of aliphatic carboxylic acids is 1. The van der Waals surface area contributed by atoms with Crippen LogP contribution in [0.25, 0.3) is 0 Å². The summed E-state index contributed by atoms with van der Waals surface area (Å²) in [6, 6.07) is 0. The van der Waals surface area contributed by atoms with Crippen molar-refractivity contribution in [2.75, 3.05) is 0 Å². The molecule has 0 spiro atoms. The van der Waals surface area contributed by atoms with Gasteiger partial charge < -0.3 is 19.7 Å². The van der Waals surface area contributed by atoms with E-state index in [1.54, 1.807) is 0 Å². The van der Waals surface area contributed by atoms with Crippen molar-refractivity contribution in [2.24, 2.45) is 0 Å². The summed E-state index contributed by atoms with van der Waals surface area (Å²) in [5.41, 5.74) is 0. The Morgan fingerprint density at radius 1 is 1.18 bits per heavy atom. The van der Waals surface area contributed by atoms with Gasteiger partial charge in [-0.15, -0.1) is 0 Å². The summed E-state index contributed by atoms with van der Waals surface area (Å²) in [6.45, 7) is 2.19. The monoisotopic (exact) mass is 311 g/mol. The fourth-order valence-electron chi connectivity index (χ4n) is 2.69. The van der Waals surface area contributed by atoms with Gasteiger partial charge in [0.1, 0.15) is 12.2 Å². The number of carbonyl (C=O) groups excluding carboxylic acids is 1. The lowest BCUT2D eigenvalue weighted by Crippen LogP contribution is -2.21. The van der Waals surface area contributed by atoms with Gasteiger partial charge in [0, 0.05) is 5.97 Å². The largest absolute Gasteiger partial charge is 0.550 e. The molecule has 1 saturated heterocycles. The molecule has 1 aliphatic rings. The predicted molar refractivity (Wildman–Crippen MR) is 85.3 cm³/mol. The quantitative estimate of drug-likeness (QED) is 0.304. The van der Waals surface area contributed by atoms with E-state index >= 15 is 0 Å². The van der Waals surface area contributed by atoms with Crippen LogP contribution in [0.2, 0.25) is 0 Å². The lowest BCUT2D eigenvalue weighted by atomic mass is 10.1. The van der Waals surface area contributed by atoms with Gasteiger partial charge in [-0.2, -0.15) is 0 Å². The number of hydrogen-bond acceptors (Lipinski definition) is 4. The van der Waals surface area contributed by atoms with Crippen LogP contribution in [-0.2, 0) is 9.53 Å². The summed E-state index contributed by atoms with van der Waals surface area (Å²) in [5, 5.41) is 20.2. The molecule has 3 atom stereocenters. The van der Waals surface area contributed by atoms with Crippen molar-refractivity contribution in [3.63, 3.8) is 0 Å². The second kappa shape index (κ2) is 11.7. The summed E-state index contributed by atoms with van der Waals surface area (Å²) >= 11 is 0. The van der Waals surface area contributed by atoms with E-state index in [0.29, 0.717) is 0 Å². The molecule has 4 heteroatoms. The minimum Gasteiger partial charge on any atom is -0.550 e. The van der Waals surface area contributed by atoms with Gasteiger partial charge in [-0.05, 0) is 32.1 Å². The van der Waals surface area contributed by atoms with Crippen LogP contribution < -0.4 is 5.11 Å². The van der Waals surface area contributed by atoms with Crippen molar-refractivity contribution in [1.82, 2.24) is 0 Å². The van der Waals surface area contributed by atoms with Gasteiger partial charge in [0.15, 0.2) is 0 Å². The van der Waals surface area contributed by atoms with Crippen molar-refractivity contribution in [1.29, 1.82) is 0 Å². The van der Waals surface area contributed by atoms with E-state index in [4.69, 9.17) is 4.74 Å². The maximum atomic E-state index is 10.2. The highest BCUT2D eigenvalue weighted by atomic mass is 16.6. The molecule has 1 N–H and O–H groups in total. The highest BCUT2D eigenvalue weighted by Gasteiger charge is 2.42. The number of carboxylic acids is 1. The third-order valence-corrected chi connectivity index (χ3v) is 4.14. The van der Waals surface area contributed by atoms with Crippen LogP contribution in [0.15, 0.2) is 12.2 Å². The maximum Gasteiger partial charge on any atom is 0.114 e. The van der Waals surface area contributed by atoms with Gasteiger partial charge >= 0.3 is 0 Å². The molecule has 128 valence electrons. The number of carbonyl (C=O) groups is 1. The Balaban J connectivity index is 1.92. The molecule has 0 amide bonds. The molecule has 0 unspecified atom stereocenters. The van der Waals surface area contributed by atoms with Crippen LogP contribution in [0.1, 0.15) is 77.6 Å². The molecule has 1 rings (SSSR count). The first-order chi connectivity index (χ1) is 10.6. The van der Waals surface area contributed by atoms with Crippen LogP contribution in [-0.4, -0.2) is 29.4 Å². The molecule has 0 saturated carbocycles. The molecule has 0 aromatic heterocycles. The standard InChI is InChI=1S/C18H32O4/c1-2-3-9-13-16-18(22-16)15(19)12-10-7-5-4-6-8-11-14-17(20)21/h10,12,15-16,18-19H,2-9,11,13-14H2,1H3,(H,20,21)/p-1/b12-10-/t15-,16+,18+/m0/s1. The molecule has 0 bridgehead atoms. The Kier molecular flexibility index (Phi) is 10.2. The third-order valence-electron chi connectivity index (χ3n) is 4.14. The second-order valence-electron chi connectivity index (χ2n) is 6.23. The van der Waals surface area contributed by atoms with Gasteiger partial charge in [-0.25, -0.2) is 0 Å². The lowest BCUT2D eigenvalue weighted by Gasteiger charge is -2.02. The molecule has 0 aromatic carbocycles. The van der Waals surface area contributed by atoms with E-state index in [2.05, 4.69) is 6.92 Å². The van der Waals surface area contributed by atoms with Crippen LogP contribution in [0, 0.1) is 0 Å². The number of allylic oxidation sites excluding steroid dienone is 1. The highest BCUT2D eigenvalue weighted by Crippen LogP contribution is 2.30. The Morgan fingerprint density at radius 3 is 2.64 bits per heavy atom. The first-order valence-electron chi connectivity index (χ1n) is 8.85. The van der Waals surface area contributed by atoms with E-state index < -0.39 is 12.1 Å². The zero-order valence-electron chi connectivity index (χ0n) is 13.8. The van der Waals surface area contributed by atoms with Crippen molar-refractivity contribution in [3.05, 3.63) is 12.2 Å². The maximum absolute atomic E-state index is 10.2. The van der Waals surface area contributed by atoms with Crippen molar-refractivity contribution in [2.45, 2.75) is 95.9 Å². The van der Waals surface area contributed by atoms with Crippen LogP contribution in [0.4, 0.5) is 0 Å². The van der Waals surface area contributed by atoms with Crippen LogP contribution in [0.5, 0.6) is 0 Å². The molecule has 4 nitrogen and oxygen atoms in total. The second-order valence-corrected chi connectivity index (χ2v) is 6.23.